The lowest BCUT2D eigenvalue weighted by atomic mass is 10.4. The van der Waals surface area contributed by atoms with E-state index in [1.165, 1.54) is 5.82 Å². The van der Waals surface area contributed by atoms with Gasteiger partial charge in [0.15, 0.2) is 0 Å². The van der Waals surface area contributed by atoms with Crippen molar-refractivity contribution in [2.75, 3.05) is 39.3 Å². The van der Waals surface area contributed by atoms with Crippen molar-refractivity contribution in [2.24, 2.45) is 0 Å². The van der Waals surface area contributed by atoms with E-state index in [4.69, 9.17) is 0 Å². The second kappa shape index (κ2) is 9.31. The van der Waals surface area contributed by atoms with E-state index in [1.54, 1.807) is 5.32 Å². The minimum atomic E-state index is 1.09. The first kappa shape index (κ1) is 17.4. The minimum Gasteiger partial charge on any atom is -0.377 e. The third-order valence-electron chi connectivity index (χ3n) is 3.69. The Morgan fingerprint density at radius 1 is 0.611 bits per heavy atom. The van der Waals surface area contributed by atoms with Gasteiger partial charge in [0.05, 0.1) is 10.2 Å². The van der Waals surface area contributed by atoms with Crippen LogP contribution in [0.5, 0.6) is 0 Å². The summed E-state index contributed by atoms with van der Waals surface area (Å²) in [7, 11) is 1.11. The molecule has 0 radical (unpaired) electrons. The molecule has 0 bridgehead atoms. The van der Waals surface area contributed by atoms with Crippen LogP contribution in [0.25, 0.3) is 0 Å². The third-order valence-corrected chi connectivity index (χ3v) is 4.77. The Hall–Kier alpha value is -0.643. The van der Waals surface area contributed by atoms with Crippen LogP contribution in [0.4, 0.5) is 0 Å². The van der Waals surface area contributed by atoms with Crippen molar-refractivity contribution in [1.82, 2.24) is 14.7 Å². The lowest BCUT2D eigenvalue weighted by Gasteiger charge is -2.38. The average Bonchev–Trinajstić information content (AvgIpc) is 2.40. The molecular weight excluding hydrogens is 238 g/mol. The van der Waals surface area contributed by atoms with Crippen molar-refractivity contribution in [3.05, 3.63) is 11.1 Å². The first-order chi connectivity index (χ1) is 8.60. The van der Waals surface area contributed by atoms with Gasteiger partial charge in [-0.2, -0.15) is 0 Å². The van der Waals surface area contributed by atoms with E-state index in [9.17, 15) is 0 Å². The van der Waals surface area contributed by atoms with Gasteiger partial charge in [-0.05, 0) is 41.5 Å². The molecule has 108 valence electrons. The Bertz CT molecular complexity index is 227. The number of hydrogen-bond donors (Lipinski definition) is 0. The molecule has 0 aromatic heterocycles. The molecule has 0 aromatic rings. The van der Waals surface area contributed by atoms with Crippen LogP contribution in [0.3, 0.4) is 0 Å². The summed E-state index contributed by atoms with van der Waals surface area (Å²) in [5.74, 6) is 1.47. The molecule has 0 saturated carbocycles. The highest BCUT2D eigenvalue weighted by atomic mass is 28.1. The van der Waals surface area contributed by atoms with Gasteiger partial charge < -0.3 is 14.7 Å². The molecule has 0 spiro atoms. The summed E-state index contributed by atoms with van der Waals surface area (Å²) in [5.41, 5.74) is 0. The highest BCUT2D eigenvalue weighted by Crippen LogP contribution is 2.16. The fourth-order valence-corrected chi connectivity index (χ4v) is 3.81. The molecule has 0 rings (SSSR count). The van der Waals surface area contributed by atoms with Crippen LogP contribution in [0.15, 0.2) is 11.1 Å². The van der Waals surface area contributed by atoms with E-state index in [2.05, 4.69) is 56.2 Å². The van der Waals surface area contributed by atoms with E-state index in [-0.39, 0.29) is 0 Å². The summed E-state index contributed by atoms with van der Waals surface area (Å²) in [4.78, 5) is 7.53. The molecule has 3 nitrogen and oxygen atoms in total. The SMILES string of the molecule is CCN(CC)C([SiH3])=C(N(CC)CC)N(CC)CC. The Labute approximate surface area is 117 Å². The van der Waals surface area contributed by atoms with Crippen molar-refractivity contribution in [3.63, 3.8) is 0 Å². The third kappa shape index (κ3) is 4.23. The van der Waals surface area contributed by atoms with Crippen molar-refractivity contribution in [2.45, 2.75) is 41.5 Å². The van der Waals surface area contributed by atoms with E-state index < -0.39 is 0 Å². The van der Waals surface area contributed by atoms with Gasteiger partial charge in [0.2, 0.25) is 0 Å². The van der Waals surface area contributed by atoms with Gasteiger partial charge in [0, 0.05) is 44.6 Å². The zero-order valence-electron chi connectivity index (χ0n) is 13.6. The summed E-state index contributed by atoms with van der Waals surface area (Å²) < 4.78 is 0. The number of hydrogen-bond acceptors (Lipinski definition) is 3. The second-order valence-corrected chi connectivity index (χ2v) is 5.37. The molecule has 0 aliphatic heterocycles. The summed E-state index contributed by atoms with van der Waals surface area (Å²) in [5, 5.41) is 1.55. The molecular formula is C14H33N3Si. The monoisotopic (exact) mass is 271 g/mol. The molecule has 0 aliphatic rings. The predicted molar refractivity (Wildman–Crippen MR) is 85.7 cm³/mol. The van der Waals surface area contributed by atoms with Gasteiger partial charge in [0.25, 0.3) is 0 Å². The van der Waals surface area contributed by atoms with Crippen molar-refractivity contribution in [1.29, 1.82) is 0 Å². The Morgan fingerprint density at radius 3 is 1.11 bits per heavy atom. The van der Waals surface area contributed by atoms with Crippen LogP contribution in [0, 0.1) is 0 Å². The van der Waals surface area contributed by atoms with Crippen molar-refractivity contribution < 1.29 is 0 Å². The van der Waals surface area contributed by atoms with E-state index >= 15 is 0 Å². The molecule has 0 N–H and O–H groups in total. The highest BCUT2D eigenvalue weighted by molar-refractivity contribution is 6.21. The largest absolute Gasteiger partial charge is 0.377 e. The maximum absolute atomic E-state index is 2.51. The van der Waals surface area contributed by atoms with Gasteiger partial charge in [-0.25, -0.2) is 0 Å². The van der Waals surface area contributed by atoms with E-state index in [0.717, 1.165) is 49.5 Å². The number of nitrogens with zero attached hydrogens (tertiary/aromatic N) is 3. The van der Waals surface area contributed by atoms with Crippen LogP contribution >= 0.6 is 0 Å². The zero-order chi connectivity index (χ0) is 14.1. The van der Waals surface area contributed by atoms with E-state index in [1.807, 2.05) is 0 Å². The fraction of sp³-hybridized carbons (Fsp3) is 0.857. The average molecular weight is 272 g/mol. The molecule has 0 unspecified atom stereocenters. The Balaban J connectivity index is 5.46. The zero-order valence-corrected chi connectivity index (χ0v) is 15.6. The van der Waals surface area contributed by atoms with Gasteiger partial charge in [-0.1, -0.05) is 0 Å². The van der Waals surface area contributed by atoms with Crippen LogP contribution in [-0.4, -0.2) is 64.2 Å². The van der Waals surface area contributed by atoms with Crippen LogP contribution in [-0.2, 0) is 0 Å². The fourth-order valence-electron chi connectivity index (χ4n) is 2.54. The quantitative estimate of drug-likeness (QED) is 0.589. The van der Waals surface area contributed by atoms with Gasteiger partial charge >= 0.3 is 0 Å². The van der Waals surface area contributed by atoms with E-state index in [0.29, 0.717) is 0 Å². The molecule has 0 heterocycles. The molecule has 0 atom stereocenters. The van der Waals surface area contributed by atoms with Crippen LogP contribution in [0.1, 0.15) is 41.5 Å². The smallest absolute Gasteiger partial charge is 0.118 e. The summed E-state index contributed by atoms with van der Waals surface area (Å²) in [6.45, 7) is 20.1. The maximum Gasteiger partial charge on any atom is 0.118 e. The topological polar surface area (TPSA) is 9.72 Å². The molecule has 0 fully saturated rings. The summed E-state index contributed by atoms with van der Waals surface area (Å²) in [6, 6.07) is 0. The number of rotatable bonds is 9. The molecule has 4 heteroatoms. The standard InChI is InChI=1S/C14H33N3Si/c1-7-15(8-2)13(16(9-3)10-4)14(18)17(11-5)12-6/h7-12H2,1-6,18H3. The Kier molecular flexibility index (Phi) is 8.98. The van der Waals surface area contributed by atoms with Gasteiger partial charge in [-0.3, -0.25) is 0 Å². The highest BCUT2D eigenvalue weighted by Gasteiger charge is 2.17. The van der Waals surface area contributed by atoms with Crippen LogP contribution in [0.2, 0.25) is 0 Å². The summed E-state index contributed by atoms with van der Waals surface area (Å²) >= 11 is 0. The second-order valence-electron chi connectivity index (χ2n) is 4.43. The lowest BCUT2D eigenvalue weighted by molar-refractivity contribution is 0.218. The molecule has 0 amide bonds. The summed E-state index contributed by atoms with van der Waals surface area (Å²) in [6.07, 6.45) is 0. The first-order valence-electron chi connectivity index (χ1n) is 7.56. The molecule has 0 aliphatic carbocycles. The molecule has 0 saturated heterocycles. The van der Waals surface area contributed by atoms with Crippen molar-refractivity contribution >= 4 is 10.2 Å². The Morgan fingerprint density at radius 2 is 0.889 bits per heavy atom. The van der Waals surface area contributed by atoms with Gasteiger partial charge in [-0.15, -0.1) is 0 Å². The normalized spacial score (nSPS) is 10.3. The van der Waals surface area contributed by atoms with Crippen molar-refractivity contribution in [3.8, 4) is 0 Å². The van der Waals surface area contributed by atoms with Crippen LogP contribution < -0.4 is 0 Å². The lowest BCUT2D eigenvalue weighted by Crippen LogP contribution is -2.40. The van der Waals surface area contributed by atoms with Gasteiger partial charge in [0.1, 0.15) is 5.82 Å². The minimum absolute atomic E-state index is 1.09. The predicted octanol–water partition coefficient (Wildman–Crippen LogP) is 1.50. The first-order valence-corrected chi connectivity index (χ1v) is 8.56. The molecule has 0 aromatic carbocycles. The maximum atomic E-state index is 2.51. The molecule has 18 heavy (non-hydrogen) atoms.